The number of halogens is 1. The molecule has 0 N–H and O–H groups in total. The van der Waals surface area contributed by atoms with Crippen LogP contribution in [0.4, 0.5) is 4.39 Å². The van der Waals surface area contributed by atoms with Gasteiger partial charge in [-0.3, -0.25) is 0 Å². The standard InChI is InChI=1S/C9H11FN2OS/c10-7-5-11-9(12-6-7)13-8-1-3-14-4-2-8/h5-6,8H,1-4H2. The fraction of sp³-hybridized carbons (Fsp3) is 0.556. The van der Waals surface area contributed by atoms with Crippen molar-refractivity contribution in [3.8, 4) is 6.01 Å². The van der Waals surface area contributed by atoms with Crippen molar-refractivity contribution in [1.29, 1.82) is 0 Å². The van der Waals surface area contributed by atoms with E-state index in [-0.39, 0.29) is 12.1 Å². The summed E-state index contributed by atoms with van der Waals surface area (Å²) in [4.78, 5) is 7.51. The summed E-state index contributed by atoms with van der Waals surface area (Å²) >= 11 is 1.93. The maximum atomic E-state index is 12.5. The summed E-state index contributed by atoms with van der Waals surface area (Å²) in [5.41, 5.74) is 0. The van der Waals surface area contributed by atoms with Gasteiger partial charge in [0.15, 0.2) is 5.82 Å². The smallest absolute Gasteiger partial charge is 0.316 e. The van der Waals surface area contributed by atoms with Gasteiger partial charge in [-0.05, 0) is 24.3 Å². The normalized spacial score (nSPS) is 18.1. The van der Waals surface area contributed by atoms with E-state index < -0.39 is 5.82 Å². The van der Waals surface area contributed by atoms with E-state index >= 15 is 0 Å². The first-order valence-electron chi connectivity index (χ1n) is 4.56. The molecule has 1 aromatic heterocycles. The van der Waals surface area contributed by atoms with Crippen molar-refractivity contribution < 1.29 is 9.13 Å². The Labute approximate surface area is 86.1 Å². The SMILES string of the molecule is Fc1cnc(OC2CCSCC2)nc1. The predicted molar refractivity (Wildman–Crippen MR) is 53.0 cm³/mol. The lowest BCUT2D eigenvalue weighted by atomic mass is 10.2. The summed E-state index contributed by atoms with van der Waals surface area (Å²) in [5, 5.41) is 0. The molecule has 0 bridgehead atoms. The quantitative estimate of drug-likeness (QED) is 0.753. The van der Waals surface area contributed by atoms with Crippen molar-refractivity contribution in [2.75, 3.05) is 11.5 Å². The van der Waals surface area contributed by atoms with Crippen LogP contribution in [-0.2, 0) is 0 Å². The number of hydrogen-bond acceptors (Lipinski definition) is 4. The molecule has 1 saturated heterocycles. The second kappa shape index (κ2) is 4.59. The van der Waals surface area contributed by atoms with Crippen molar-refractivity contribution in [3.63, 3.8) is 0 Å². The van der Waals surface area contributed by atoms with Gasteiger partial charge < -0.3 is 4.74 Å². The summed E-state index contributed by atoms with van der Waals surface area (Å²) in [7, 11) is 0. The van der Waals surface area contributed by atoms with Crippen LogP contribution in [0.2, 0.25) is 0 Å². The van der Waals surface area contributed by atoms with Gasteiger partial charge in [0.2, 0.25) is 0 Å². The molecule has 1 aliphatic heterocycles. The van der Waals surface area contributed by atoms with E-state index in [1.165, 1.54) is 0 Å². The molecule has 0 saturated carbocycles. The molecule has 2 heterocycles. The first-order valence-corrected chi connectivity index (χ1v) is 5.72. The molecule has 76 valence electrons. The number of nitrogens with zero attached hydrogens (tertiary/aromatic N) is 2. The van der Waals surface area contributed by atoms with Gasteiger partial charge in [-0.15, -0.1) is 0 Å². The van der Waals surface area contributed by atoms with Gasteiger partial charge in [0, 0.05) is 0 Å². The van der Waals surface area contributed by atoms with Crippen molar-refractivity contribution in [1.82, 2.24) is 9.97 Å². The van der Waals surface area contributed by atoms with E-state index in [4.69, 9.17) is 4.74 Å². The molecule has 5 heteroatoms. The Morgan fingerprint density at radius 1 is 1.29 bits per heavy atom. The highest BCUT2D eigenvalue weighted by Crippen LogP contribution is 2.20. The molecule has 2 rings (SSSR count). The van der Waals surface area contributed by atoms with Crippen LogP contribution < -0.4 is 4.74 Å². The fourth-order valence-electron chi connectivity index (χ4n) is 1.30. The number of hydrogen-bond donors (Lipinski definition) is 0. The molecule has 0 aromatic carbocycles. The van der Waals surface area contributed by atoms with Crippen LogP contribution in [0.25, 0.3) is 0 Å². The molecule has 0 amide bonds. The molecule has 0 atom stereocenters. The molecule has 1 aliphatic rings. The predicted octanol–water partition coefficient (Wildman–Crippen LogP) is 1.89. The Kier molecular flexibility index (Phi) is 3.18. The van der Waals surface area contributed by atoms with Crippen LogP contribution >= 0.6 is 11.8 Å². The van der Waals surface area contributed by atoms with Crippen molar-refractivity contribution in [2.45, 2.75) is 18.9 Å². The van der Waals surface area contributed by atoms with E-state index in [1.807, 2.05) is 11.8 Å². The van der Waals surface area contributed by atoms with Gasteiger partial charge in [0.05, 0.1) is 12.4 Å². The summed E-state index contributed by atoms with van der Waals surface area (Å²) in [6.45, 7) is 0. The number of ether oxygens (including phenoxy) is 1. The lowest BCUT2D eigenvalue weighted by Crippen LogP contribution is -2.23. The number of thioether (sulfide) groups is 1. The van der Waals surface area contributed by atoms with Gasteiger partial charge in [-0.1, -0.05) is 0 Å². The summed E-state index contributed by atoms with van der Waals surface area (Å²) in [5.74, 6) is 1.80. The molecule has 14 heavy (non-hydrogen) atoms. The third-order valence-corrected chi connectivity index (χ3v) is 3.09. The minimum absolute atomic E-state index is 0.196. The molecular weight excluding hydrogens is 203 g/mol. The van der Waals surface area contributed by atoms with Gasteiger partial charge in [0.25, 0.3) is 0 Å². The lowest BCUT2D eigenvalue weighted by Gasteiger charge is -2.21. The maximum absolute atomic E-state index is 12.5. The first kappa shape index (κ1) is 9.71. The zero-order valence-electron chi connectivity index (χ0n) is 7.65. The Hall–Kier alpha value is -0.840. The van der Waals surface area contributed by atoms with Gasteiger partial charge in [-0.25, -0.2) is 14.4 Å². The zero-order chi connectivity index (χ0) is 9.80. The van der Waals surface area contributed by atoms with E-state index in [2.05, 4.69) is 9.97 Å². The molecule has 0 radical (unpaired) electrons. The number of rotatable bonds is 2. The van der Waals surface area contributed by atoms with Crippen LogP contribution in [0.15, 0.2) is 12.4 Å². The topological polar surface area (TPSA) is 35.0 Å². The lowest BCUT2D eigenvalue weighted by molar-refractivity contribution is 0.175. The molecule has 0 spiro atoms. The molecule has 0 unspecified atom stereocenters. The van der Waals surface area contributed by atoms with Gasteiger partial charge >= 0.3 is 6.01 Å². The third-order valence-electron chi connectivity index (χ3n) is 2.04. The Morgan fingerprint density at radius 3 is 2.57 bits per heavy atom. The van der Waals surface area contributed by atoms with Crippen LogP contribution in [0.3, 0.4) is 0 Å². The Balaban J connectivity index is 1.92. The second-order valence-electron chi connectivity index (χ2n) is 3.11. The molecule has 3 nitrogen and oxygen atoms in total. The zero-order valence-corrected chi connectivity index (χ0v) is 8.47. The van der Waals surface area contributed by atoms with E-state index in [0.717, 1.165) is 36.7 Å². The van der Waals surface area contributed by atoms with E-state index in [9.17, 15) is 4.39 Å². The average molecular weight is 214 g/mol. The van der Waals surface area contributed by atoms with Crippen molar-refractivity contribution >= 4 is 11.8 Å². The summed E-state index contributed by atoms with van der Waals surface area (Å²) < 4.78 is 18.0. The Bertz CT molecular complexity index is 287. The average Bonchev–Trinajstić information content (AvgIpc) is 2.23. The second-order valence-corrected chi connectivity index (χ2v) is 4.34. The highest BCUT2D eigenvalue weighted by Gasteiger charge is 2.16. The molecular formula is C9H11FN2OS. The first-order chi connectivity index (χ1) is 6.84. The van der Waals surface area contributed by atoms with Gasteiger partial charge in [0.1, 0.15) is 6.10 Å². The van der Waals surface area contributed by atoms with E-state index in [0.29, 0.717) is 0 Å². The summed E-state index contributed by atoms with van der Waals surface area (Å²) in [6.07, 6.45) is 4.48. The monoisotopic (exact) mass is 214 g/mol. The fourth-order valence-corrected chi connectivity index (χ4v) is 2.37. The van der Waals surface area contributed by atoms with Crippen LogP contribution in [-0.4, -0.2) is 27.6 Å². The maximum Gasteiger partial charge on any atom is 0.316 e. The molecule has 1 aromatic rings. The van der Waals surface area contributed by atoms with E-state index in [1.54, 1.807) is 0 Å². The summed E-state index contributed by atoms with van der Waals surface area (Å²) in [6, 6.07) is 0.281. The highest BCUT2D eigenvalue weighted by molar-refractivity contribution is 7.99. The van der Waals surface area contributed by atoms with Crippen LogP contribution in [0.5, 0.6) is 6.01 Å². The van der Waals surface area contributed by atoms with Crippen LogP contribution in [0.1, 0.15) is 12.8 Å². The van der Waals surface area contributed by atoms with Crippen molar-refractivity contribution in [2.24, 2.45) is 0 Å². The minimum atomic E-state index is -0.434. The largest absolute Gasteiger partial charge is 0.460 e. The van der Waals surface area contributed by atoms with Gasteiger partial charge in [-0.2, -0.15) is 11.8 Å². The molecule has 1 fully saturated rings. The Morgan fingerprint density at radius 2 is 1.93 bits per heavy atom. The van der Waals surface area contributed by atoms with Crippen LogP contribution in [0, 0.1) is 5.82 Å². The number of aromatic nitrogens is 2. The third kappa shape index (κ3) is 2.57. The highest BCUT2D eigenvalue weighted by atomic mass is 32.2. The van der Waals surface area contributed by atoms with Crippen molar-refractivity contribution in [3.05, 3.63) is 18.2 Å². The minimum Gasteiger partial charge on any atom is -0.460 e. The molecule has 0 aliphatic carbocycles.